The van der Waals surface area contributed by atoms with Crippen molar-refractivity contribution in [3.8, 4) is 0 Å². The van der Waals surface area contributed by atoms with E-state index in [2.05, 4.69) is 16.9 Å². The van der Waals surface area contributed by atoms with Crippen LogP contribution in [0.1, 0.15) is 42.9 Å². The highest BCUT2D eigenvalue weighted by atomic mass is 16.4. The molecule has 76 valence electrons. The van der Waals surface area contributed by atoms with Crippen molar-refractivity contribution in [2.24, 2.45) is 0 Å². The standard InChI is InChI=1S/C10H14N2O2/c1-2-7-10(6-3-4-6)12-8(11-7)5-9(13)14/h6H,2-5H2,1H3,(H,11,12)(H,13,14). The number of carbonyl (C=O) groups is 1. The molecular formula is C10H14N2O2. The molecule has 0 aromatic carbocycles. The Kier molecular flexibility index (Phi) is 2.27. The third-order valence-corrected chi connectivity index (χ3v) is 2.50. The number of aryl methyl sites for hydroxylation is 1. The van der Waals surface area contributed by atoms with Crippen LogP contribution in [0, 0.1) is 0 Å². The van der Waals surface area contributed by atoms with Crippen molar-refractivity contribution in [2.75, 3.05) is 0 Å². The second-order valence-electron chi connectivity index (χ2n) is 3.75. The second kappa shape index (κ2) is 3.44. The first kappa shape index (κ1) is 9.24. The number of imidazole rings is 1. The van der Waals surface area contributed by atoms with Gasteiger partial charge in [-0.1, -0.05) is 6.92 Å². The highest BCUT2D eigenvalue weighted by Gasteiger charge is 2.28. The van der Waals surface area contributed by atoms with Crippen LogP contribution < -0.4 is 0 Å². The van der Waals surface area contributed by atoms with Crippen molar-refractivity contribution in [3.63, 3.8) is 0 Å². The average Bonchev–Trinajstić information content (AvgIpc) is 2.88. The van der Waals surface area contributed by atoms with Gasteiger partial charge in [-0.15, -0.1) is 0 Å². The van der Waals surface area contributed by atoms with Crippen LogP contribution in [0.5, 0.6) is 0 Å². The SMILES string of the molecule is CCc1[nH]c(CC(=O)O)nc1C1CC1. The lowest BCUT2D eigenvalue weighted by Gasteiger charge is -1.93. The molecule has 0 amide bonds. The fraction of sp³-hybridized carbons (Fsp3) is 0.600. The monoisotopic (exact) mass is 194 g/mol. The summed E-state index contributed by atoms with van der Waals surface area (Å²) in [6, 6.07) is 0. The van der Waals surface area contributed by atoms with Gasteiger partial charge in [0, 0.05) is 11.6 Å². The van der Waals surface area contributed by atoms with Crippen LogP contribution >= 0.6 is 0 Å². The predicted molar refractivity (Wildman–Crippen MR) is 51.3 cm³/mol. The molecule has 1 aliphatic carbocycles. The fourth-order valence-electron chi connectivity index (χ4n) is 1.67. The summed E-state index contributed by atoms with van der Waals surface area (Å²) in [5.41, 5.74) is 2.22. The van der Waals surface area contributed by atoms with E-state index in [-0.39, 0.29) is 6.42 Å². The lowest BCUT2D eigenvalue weighted by molar-refractivity contribution is -0.136. The summed E-state index contributed by atoms with van der Waals surface area (Å²) >= 11 is 0. The number of aromatic amines is 1. The Hall–Kier alpha value is -1.32. The first-order valence-electron chi connectivity index (χ1n) is 5.00. The van der Waals surface area contributed by atoms with Gasteiger partial charge >= 0.3 is 5.97 Å². The lowest BCUT2D eigenvalue weighted by atomic mass is 10.2. The van der Waals surface area contributed by atoms with E-state index in [4.69, 9.17) is 5.11 Å². The number of carboxylic acids is 1. The van der Waals surface area contributed by atoms with Crippen LogP contribution in [0.4, 0.5) is 0 Å². The third kappa shape index (κ3) is 1.78. The normalized spacial score (nSPS) is 15.8. The number of rotatable bonds is 4. The van der Waals surface area contributed by atoms with Gasteiger partial charge in [0.05, 0.1) is 5.69 Å². The zero-order valence-electron chi connectivity index (χ0n) is 8.21. The van der Waals surface area contributed by atoms with E-state index < -0.39 is 5.97 Å². The zero-order valence-corrected chi connectivity index (χ0v) is 8.21. The molecule has 0 spiro atoms. The molecule has 0 unspecified atom stereocenters. The summed E-state index contributed by atoms with van der Waals surface area (Å²) in [6.45, 7) is 2.06. The molecule has 1 aromatic heterocycles. The molecule has 1 aromatic rings. The predicted octanol–water partition coefficient (Wildman–Crippen LogP) is 1.48. The molecule has 0 radical (unpaired) electrons. The number of hydrogen-bond donors (Lipinski definition) is 2. The summed E-state index contributed by atoms with van der Waals surface area (Å²) in [7, 11) is 0. The minimum Gasteiger partial charge on any atom is -0.481 e. The second-order valence-corrected chi connectivity index (χ2v) is 3.75. The van der Waals surface area contributed by atoms with Crippen LogP contribution in [0.2, 0.25) is 0 Å². The van der Waals surface area contributed by atoms with Gasteiger partial charge in [0.2, 0.25) is 0 Å². The summed E-state index contributed by atoms with van der Waals surface area (Å²) < 4.78 is 0. The molecular weight excluding hydrogens is 180 g/mol. The average molecular weight is 194 g/mol. The van der Waals surface area contributed by atoms with Crippen molar-refractivity contribution >= 4 is 5.97 Å². The van der Waals surface area contributed by atoms with Crippen molar-refractivity contribution in [2.45, 2.75) is 38.5 Å². The first-order valence-corrected chi connectivity index (χ1v) is 5.00. The van der Waals surface area contributed by atoms with E-state index in [1.807, 2.05) is 0 Å². The van der Waals surface area contributed by atoms with E-state index in [0.29, 0.717) is 11.7 Å². The molecule has 4 nitrogen and oxygen atoms in total. The maximum atomic E-state index is 10.5. The topological polar surface area (TPSA) is 66.0 Å². The molecule has 1 fully saturated rings. The Labute approximate surface area is 82.4 Å². The summed E-state index contributed by atoms with van der Waals surface area (Å²) in [5.74, 6) is 0.351. The van der Waals surface area contributed by atoms with Crippen LogP contribution in [-0.4, -0.2) is 21.0 Å². The van der Waals surface area contributed by atoms with E-state index in [1.165, 1.54) is 12.8 Å². The van der Waals surface area contributed by atoms with E-state index in [1.54, 1.807) is 0 Å². The van der Waals surface area contributed by atoms with Gasteiger partial charge in [0.1, 0.15) is 12.2 Å². The smallest absolute Gasteiger partial charge is 0.311 e. The quantitative estimate of drug-likeness (QED) is 0.762. The molecule has 1 heterocycles. The number of nitrogens with one attached hydrogen (secondary N) is 1. The molecule has 0 bridgehead atoms. The summed E-state index contributed by atoms with van der Waals surface area (Å²) in [4.78, 5) is 17.9. The Morgan fingerprint density at radius 3 is 2.86 bits per heavy atom. The van der Waals surface area contributed by atoms with Crippen LogP contribution in [0.15, 0.2) is 0 Å². The zero-order chi connectivity index (χ0) is 10.1. The van der Waals surface area contributed by atoms with Crippen molar-refractivity contribution in [3.05, 3.63) is 17.2 Å². The van der Waals surface area contributed by atoms with Gasteiger partial charge in [-0.05, 0) is 19.3 Å². The van der Waals surface area contributed by atoms with Gasteiger partial charge in [-0.2, -0.15) is 0 Å². The van der Waals surface area contributed by atoms with Gasteiger partial charge in [0.25, 0.3) is 0 Å². The van der Waals surface area contributed by atoms with Gasteiger partial charge in [0.15, 0.2) is 0 Å². The number of aromatic nitrogens is 2. The number of hydrogen-bond acceptors (Lipinski definition) is 2. The van der Waals surface area contributed by atoms with Crippen LogP contribution in [0.3, 0.4) is 0 Å². The Bertz CT molecular complexity index is 353. The molecule has 0 atom stereocenters. The Balaban J connectivity index is 2.21. The minimum atomic E-state index is -0.830. The molecule has 0 aliphatic heterocycles. The summed E-state index contributed by atoms with van der Waals surface area (Å²) in [6.07, 6.45) is 3.30. The fourth-order valence-corrected chi connectivity index (χ4v) is 1.67. The van der Waals surface area contributed by atoms with E-state index >= 15 is 0 Å². The molecule has 2 rings (SSSR count). The molecule has 1 saturated carbocycles. The summed E-state index contributed by atoms with van der Waals surface area (Å²) in [5, 5.41) is 8.63. The van der Waals surface area contributed by atoms with Crippen LogP contribution in [-0.2, 0) is 17.6 Å². The lowest BCUT2D eigenvalue weighted by Crippen LogP contribution is -2.01. The Morgan fingerprint density at radius 1 is 1.64 bits per heavy atom. The third-order valence-electron chi connectivity index (χ3n) is 2.50. The van der Waals surface area contributed by atoms with Crippen molar-refractivity contribution in [1.82, 2.24) is 9.97 Å². The number of H-pyrrole nitrogens is 1. The van der Waals surface area contributed by atoms with E-state index in [9.17, 15) is 4.79 Å². The highest BCUT2D eigenvalue weighted by molar-refractivity contribution is 5.69. The van der Waals surface area contributed by atoms with Crippen molar-refractivity contribution < 1.29 is 9.90 Å². The van der Waals surface area contributed by atoms with Crippen molar-refractivity contribution in [1.29, 1.82) is 0 Å². The molecule has 0 saturated heterocycles. The van der Waals surface area contributed by atoms with Gasteiger partial charge < -0.3 is 10.1 Å². The molecule has 14 heavy (non-hydrogen) atoms. The molecule has 4 heteroatoms. The number of nitrogens with zero attached hydrogens (tertiary/aromatic N) is 1. The molecule has 1 aliphatic rings. The van der Waals surface area contributed by atoms with E-state index in [0.717, 1.165) is 17.8 Å². The highest BCUT2D eigenvalue weighted by Crippen LogP contribution is 2.40. The molecule has 2 N–H and O–H groups in total. The maximum Gasteiger partial charge on any atom is 0.311 e. The van der Waals surface area contributed by atoms with Gasteiger partial charge in [-0.3, -0.25) is 4.79 Å². The largest absolute Gasteiger partial charge is 0.481 e. The number of aliphatic carboxylic acids is 1. The first-order chi connectivity index (χ1) is 6.70. The Morgan fingerprint density at radius 2 is 2.36 bits per heavy atom. The van der Waals surface area contributed by atoms with Crippen LogP contribution in [0.25, 0.3) is 0 Å². The maximum absolute atomic E-state index is 10.5. The minimum absolute atomic E-state index is 0.000278. The van der Waals surface area contributed by atoms with Gasteiger partial charge in [-0.25, -0.2) is 4.98 Å². The number of carboxylic acid groups (broad SMARTS) is 1.